The number of rotatable bonds is 7. The zero-order chi connectivity index (χ0) is 18.6. The largest absolute Gasteiger partial charge is 0.375 e. The van der Waals surface area contributed by atoms with Crippen LogP contribution in [0.1, 0.15) is 5.56 Å². The molecule has 11 heteroatoms. The summed E-state index contributed by atoms with van der Waals surface area (Å²) >= 11 is 0. The van der Waals surface area contributed by atoms with Crippen LogP contribution in [0, 0.1) is 20.2 Å². The van der Waals surface area contributed by atoms with Crippen LogP contribution in [-0.2, 0) is 16.6 Å². The lowest BCUT2D eigenvalue weighted by atomic mass is 10.2. The van der Waals surface area contributed by atoms with Crippen LogP contribution in [0.4, 0.5) is 17.1 Å². The van der Waals surface area contributed by atoms with E-state index in [9.17, 15) is 28.6 Å². The van der Waals surface area contributed by atoms with Crippen molar-refractivity contribution in [3.8, 4) is 0 Å². The fourth-order valence-corrected chi connectivity index (χ4v) is 2.87. The molecule has 0 saturated carbocycles. The Labute approximate surface area is 142 Å². The van der Waals surface area contributed by atoms with Crippen molar-refractivity contribution in [3.05, 3.63) is 68.3 Å². The van der Waals surface area contributed by atoms with Crippen molar-refractivity contribution in [3.63, 3.8) is 0 Å². The molecule has 2 rings (SSSR count). The van der Waals surface area contributed by atoms with E-state index < -0.39 is 25.6 Å². The summed E-state index contributed by atoms with van der Waals surface area (Å²) in [6.07, 6.45) is 0. The van der Waals surface area contributed by atoms with Crippen molar-refractivity contribution in [2.75, 3.05) is 12.4 Å². The molecular weight excluding hydrogens is 352 g/mol. The number of nitrogens with one attached hydrogen (secondary N) is 2. The Hall–Kier alpha value is -3.05. The molecule has 2 aromatic carbocycles. The third kappa shape index (κ3) is 4.28. The summed E-state index contributed by atoms with van der Waals surface area (Å²) in [7, 11) is -2.31. The van der Waals surface area contributed by atoms with Crippen LogP contribution < -0.4 is 10.0 Å². The van der Waals surface area contributed by atoms with Gasteiger partial charge in [-0.1, -0.05) is 12.1 Å². The number of anilines is 1. The maximum Gasteiger partial charge on any atom is 0.299 e. The molecule has 0 unspecified atom stereocenters. The molecule has 0 spiro atoms. The van der Waals surface area contributed by atoms with Gasteiger partial charge in [0.15, 0.2) is 0 Å². The summed E-state index contributed by atoms with van der Waals surface area (Å²) in [6.45, 7) is 0.103. The highest BCUT2D eigenvalue weighted by Gasteiger charge is 2.19. The SMILES string of the molecule is CNS(=O)(=O)c1cccc(CNc2ccc([N+](=O)[O-])cc2[N+](=O)[O-])c1. The summed E-state index contributed by atoms with van der Waals surface area (Å²) in [6, 6.07) is 9.30. The molecule has 0 amide bonds. The van der Waals surface area contributed by atoms with Crippen LogP contribution in [0.2, 0.25) is 0 Å². The normalized spacial score (nSPS) is 11.1. The standard InChI is InChI=1S/C14H14N4O6S/c1-15-25(23,24)12-4-2-3-10(7-12)9-16-13-6-5-11(17(19)20)8-14(13)18(21)22/h2-8,15-16H,9H2,1H3. The van der Waals surface area contributed by atoms with Crippen LogP contribution in [0.3, 0.4) is 0 Å². The highest BCUT2D eigenvalue weighted by Crippen LogP contribution is 2.29. The Bertz CT molecular complexity index is 929. The summed E-state index contributed by atoms with van der Waals surface area (Å²) < 4.78 is 25.8. The molecule has 0 heterocycles. The Balaban J connectivity index is 2.26. The molecule has 0 saturated heterocycles. The molecule has 132 valence electrons. The van der Waals surface area contributed by atoms with Crippen molar-refractivity contribution < 1.29 is 18.3 Å². The van der Waals surface area contributed by atoms with E-state index in [0.717, 1.165) is 12.1 Å². The molecule has 0 atom stereocenters. The van der Waals surface area contributed by atoms with Crippen LogP contribution in [-0.4, -0.2) is 25.3 Å². The number of non-ortho nitro benzene ring substituents is 1. The van der Waals surface area contributed by atoms with Gasteiger partial charge in [0.1, 0.15) is 5.69 Å². The first-order chi connectivity index (χ1) is 11.7. The van der Waals surface area contributed by atoms with Gasteiger partial charge in [-0.15, -0.1) is 0 Å². The number of nitro groups is 2. The molecule has 25 heavy (non-hydrogen) atoms. The van der Waals surface area contributed by atoms with Gasteiger partial charge in [-0.25, -0.2) is 13.1 Å². The van der Waals surface area contributed by atoms with Crippen LogP contribution in [0.15, 0.2) is 47.4 Å². The van der Waals surface area contributed by atoms with E-state index >= 15 is 0 Å². The fourth-order valence-electron chi connectivity index (χ4n) is 2.07. The average molecular weight is 366 g/mol. The van der Waals surface area contributed by atoms with E-state index in [1.165, 1.54) is 25.2 Å². The second-order valence-corrected chi connectivity index (χ2v) is 6.81. The fraction of sp³-hybridized carbons (Fsp3) is 0.143. The minimum absolute atomic E-state index is 0.0625. The molecule has 0 bridgehead atoms. The van der Waals surface area contributed by atoms with Gasteiger partial charge < -0.3 is 5.32 Å². The third-order valence-electron chi connectivity index (χ3n) is 3.35. The lowest BCUT2D eigenvalue weighted by molar-refractivity contribution is -0.393. The Morgan fingerprint density at radius 3 is 2.36 bits per heavy atom. The first-order valence-corrected chi connectivity index (χ1v) is 8.42. The Morgan fingerprint density at radius 1 is 1.04 bits per heavy atom. The van der Waals surface area contributed by atoms with Gasteiger partial charge in [-0.3, -0.25) is 20.2 Å². The number of hydrogen-bond acceptors (Lipinski definition) is 7. The molecule has 2 N–H and O–H groups in total. The van der Waals surface area contributed by atoms with Crippen molar-refractivity contribution in [2.24, 2.45) is 0 Å². The zero-order valence-electron chi connectivity index (χ0n) is 13.0. The summed E-state index contributed by atoms with van der Waals surface area (Å²) in [5, 5.41) is 24.6. The van der Waals surface area contributed by atoms with Gasteiger partial charge in [-0.05, 0) is 30.8 Å². The second-order valence-electron chi connectivity index (χ2n) is 4.92. The average Bonchev–Trinajstić information content (AvgIpc) is 2.59. The van der Waals surface area contributed by atoms with Gasteiger partial charge in [0.05, 0.1) is 20.8 Å². The molecule has 2 aromatic rings. The third-order valence-corrected chi connectivity index (χ3v) is 4.76. The molecule has 0 aliphatic carbocycles. The minimum Gasteiger partial charge on any atom is -0.375 e. The van der Waals surface area contributed by atoms with Crippen molar-refractivity contribution >= 4 is 27.1 Å². The van der Waals surface area contributed by atoms with Crippen molar-refractivity contribution in [1.82, 2.24) is 4.72 Å². The van der Waals surface area contributed by atoms with E-state index in [1.54, 1.807) is 12.1 Å². The van der Waals surface area contributed by atoms with Crippen LogP contribution in [0.5, 0.6) is 0 Å². The van der Waals surface area contributed by atoms with E-state index in [4.69, 9.17) is 0 Å². The Morgan fingerprint density at radius 2 is 1.76 bits per heavy atom. The summed E-state index contributed by atoms with van der Waals surface area (Å²) in [4.78, 5) is 20.4. The van der Waals surface area contributed by atoms with E-state index in [1.807, 2.05) is 0 Å². The zero-order valence-corrected chi connectivity index (χ0v) is 13.8. The first-order valence-electron chi connectivity index (χ1n) is 6.94. The molecular formula is C14H14N4O6S. The van der Waals surface area contributed by atoms with Crippen molar-refractivity contribution in [1.29, 1.82) is 0 Å². The predicted octanol–water partition coefficient (Wildman–Crippen LogP) is 2.02. The number of sulfonamides is 1. The van der Waals surface area contributed by atoms with E-state index in [0.29, 0.717) is 5.56 Å². The Kier molecular flexibility index (Phi) is 5.29. The molecule has 0 fully saturated rings. The number of hydrogen-bond donors (Lipinski definition) is 2. The van der Waals surface area contributed by atoms with Gasteiger partial charge in [-0.2, -0.15) is 0 Å². The number of nitrogens with zero attached hydrogens (tertiary/aromatic N) is 2. The molecule has 0 radical (unpaired) electrons. The van der Waals surface area contributed by atoms with Crippen LogP contribution >= 0.6 is 0 Å². The smallest absolute Gasteiger partial charge is 0.299 e. The maximum atomic E-state index is 11.8. The molecule has 0 aliphatic heterocycles. The summed E-state index contributed by atoms with van der Waals surface area (Å²) in [5.74, 6) is 0. The lowest BCUT2D eigenvalue weighted by Crippen LogP contribution is -2.18. The first kappa shape index (κ1) is 18.3. The van der Waals surface area contributed by atoms with Crippen molar-refractivity contribution in [2.45, 2.75) is 11.4 Å². The minimum atomic E-state index is -3.60. The second kappa shape index (κ2) is 7.23. The maximum absolute atomic E-state index is 11.8. The topological polar surface area (TPSA) is 144 Å². The lowest BCUT2D eigenvalue weighted by Gasteiger charge is -2.09. The summed E-state index contributed by atoms with van der Waals surface area (Å²) in [5.41, 5.74) is -0.158. The number of nitro benzene ring substituents is 2. The molecule has 0 aromatic heterocycles. The quantitative estimate of drug-likeness (QED) is 0.563. The highest BCUT2D eigenvalue weighted by atomic mass is 32.2. The van der Waals surface area contributed by atoms with E-state index in [-0.39, 0.29) is 22.8 Å². The highest BCUT2D eigenvalue weighted by molar-refractivity contribution is 7.89. The molecule has 10 nitrogen and oxygen atoms in total. The van der Waals surface area contributed by atoms with Gasteiger partial charge >= 0.3 is 0 Å². The van der Waals surface area contributed by atoms with Gasteiger partial charge in [0.25, 0.3) is 11.4 Å². The predicted molar refractivity (Wildman–Crippen MR) is 89.8 cm³/mol. The molecule has 0 aliphatic rings. The van der Waals surface area contributed by atoms with Gasteiger partial charge in [0.2, 0.25) is 10.0 Å². The monoisotopic (exact) mass is 366 g/mol. The van der Waals surface area contributed by atoms with Crippen LogP contribution in [0.25, 0.3) is 0 Å². The van der Waals surface area contributed by atoms with Gasteiger partial charge in [0, 0.05) is 12.6 Å². The van der Waals surface area contributed by atoms with E-state index in [2.05, 4.69) is 10.0 Å². The number of benzene rings is 2.